The molecular formula is C12H18N2O. The zero-order chi connectivity index (χ0) is 10.8. The molecule has 3 heteroatoms. The zero-order valence-corrected chi connectivity index (χ0v) is 9.29. The van der Waals surface area contributed by atoms with E-state index >= 15 is 0 Å². The molecule has 0 saturated heterocycles. The quantitative estimate of drug-likeness (QED) is 0.747. The number of rotatable bonds is 3. The number of methoxy groups -OCH3 is 1. The van der Waals surface area contributed by atoms with Gasteiger partial charge in [-0.25, -0.2) is 0 Å². The van der Waals surface area contributed by atoms with Gasteiger partial charge in [0.25, 0.3) is 0 Å². The molecule has 1 fully saturated rings. The van der Waals surface area contributed by atoms with Crippen LogP contribution >= 0.6 is 0 Å². The molecular weight excluding hydrogens is 188 g/mol. The SMILES string of the molecule is COc1ccc(N)c(NC2CC(C)C2)c1. The van der Waals surface area contributed by atoms with Gasteiger partial charge in [0, 0.05) is 12.1 Å². The summed E-state index contributed by atoms with van der Waals surface area (Å²) in [4.78, 5) is 0. The summed E-state index contributed by atoms with van der Waals surface area (Å²) in [5.41, 5.74) is 7.67. The zero-order valence-electron chi connectivity index (χ0n) is 9.29. The standard InChI is InChI=1S/C12H18N2O/c1-8-5-9(6-8)14-12-7-10(15-2)3-4-11(12)13/h3-4,7-9,14H,5-6,13H2,1-2H3. The Morgan fingerprint density at radius 2 is 2.13 bits per heavy atom. The molecule has 1 aliphatic carbocycles. The van der Waals surface area contributed by atoms with Crippen LogP contribution in [0.1, 0.15) is 19.8 Å². The van der Waals surface area contributed by atoms with Gasteiger partial charge < -0.3 is 15.8 Å². The highest BCUT2D eigenvalue weighted by Gasteiger charge is 2.25. The van der Waals surface area contributed by atoms with Crippen molar-refractivity contribution in [1.82, 2.24) is 0 Å². The Hall–Kier alpha value is -1.38. The molecule has 0 radical (unpaired) electrons. The Morgan fingerprint density at radius 1 is 1.40 bits per heavy atom. The van der Waals surface area contributed by atoms with Crippen molar-refractivity contribution in [1.29, 1.82) is 0 Å². The molecule has 3 nitrogen and oxygen atoms in total. The van der Waals surface area contributed by atoms with Crippen molar-refractivity contribution in [3.63, 3.8) is 0 Å². The molecule has 1 saturated carbocycles. The van der Waals surface area contributed by atoms with Crippen LogP contribution in [0.25, 0.3) is 0 Å². The molecule has 15 heavy (non-hydrogen) atoms. The second-order valence-corrected chi connectivity index (χ2v) is 4.37. The highest BCUT2D eigenvalue weighted by molar-refractivity contribution is 5.68. The van der Waals surface area contributed by atoms with Crippen LogP contribution in [0.4, 0.5) is 11.4 Å². The van der Waals surface area contributed by atoms with Crippen molar-refractivity contribution in [2.75, 3.05) is 18.2 Å². The predicted molar refractivity (Wildman–Crippen MR) is 63.2 cm³/mol. The maximum Gasteiger partial charge on any atom is 0.121 e. The summed E-state index contributed by atoms with van der Waals surface area (Å²) >= 11 is 0. The van der Waals surface area contributed by atoms with Crippen LogP contribution in [0, 0.1) is 5.92 Å². The van der Waals surface area contributed by atoms with Crippen molar-refractivity contribution in [2.24, 2.45) is 5.92 Å². The van der Waals surface area contributed by atoms with Crippen LogP contribution in [0.3, 0.4) is 0 Å². The van der Waals surface area contributed by atoms with E-state index in [1.54, 1.807) is 7.11 Å². The number of benzene rings is 1. The third kappa shape index (κ3) is 2.17. The number of hydrogen-bond donors (Lipinski definition) is 2. The Labute approximate surface area is 90.6 Å². The molecule has 0 heterocycles. The fraction of sp³-hybridized carbons (Fsp3) is 0.500. The summed E-state index contributed by atoms with van der Waals surface area (Å²) in [5, 5.41) is 3.45. The van der Waals surface area contributed by atoms with E-state index in [1.165, 1.54) is 12.8 Å². The van der Waals surface area contributed by atoms with E-state index in [2.05, 4.69) is 12.2 Å². The van der Waals surface area contributed by atoms with E-state index in [0.717, 1.165) is 23.0 Å². The molecule has 3 N–H and O–H groups in total. The molecule has 0 unspecified atom stereocenters. The predicted octanol–water partition coefficient (Wildman–Crippen LogP) is 2.49. The fourth-order valence-electron chi connectivity index (χ4n) is 2.03. The number of nitrogen functional groups attached to an aromatic ring is 1. The van der Waals surface area contributed by atoms with E-state index in [1.807, 2.05) is 18.2 Å². The Bertz CT molecular complexity index is 345. The van der Waals surface area contributed by atoms with Gasteiger partial charge in [-0.1, -0.05) is 6.92 Å². The lowest BCUT2D eigenvalue weighted by Gasteiger charge is -2.34. The van der Waals surface area contributed by atoms with E-state index < -0.39 is 0 Å². The van der Waals surface area contributed by atoms with Crippen LogP contribution in [0.15, 0.2) is 18.2 Å². The van der Waals surface area contributed by atoms with Crippen molar-refractivity contribution in [2.45, 2.75) is 25.8 Å². The van der Waals surface area contributed by atoms with Gasteiger partial charge in [0.1, 0.15) is 5.75 Å². The first kappa shape index (κ1) is 10.1. The van der Waals surface area contributed by atoms with Crippen molar-refractivity contribution in [3.05, 3.63) is 18.2 Å². The van der Waals surface area contributed by atoms with Crippen LogP contribution in [0.5, 0.6) is 5.75 Å². The van der Waals surface area contributed by atoms with Crippen LogP contribution < -0.4 is 15.8 Å². The molecule has 0 spiro atoms. The number of nitrogens with two attached hydrogens (primary N) is 1. The smallest absolute Gasteiger partial charge is 0.121 e. The molecule has 1 aromatic carbocycles. The van der Waals surface area contributed by atoms with Gasteiger partial charge in [0.15, 0.2) is 0 Å². The Morgan fingerprint density at radius 3 is 2.73 bits per heavy atom. The lowest BCUT2D eigenvalue weighted by molar-refractivity contribution is 0.309. The first-order valence-corrected chi connectivity index (χ1v) is 5.39. The number of anilines is 2. The minimum Gasteiger partial charge on any atom is -0.497 e. The fourth-order valence-corrected chi connectivity index (χ4v) is 2.03. The average molecular weight is 206 g/mol. The second-order valence-electron chi connectivity index (χ2n) is 4.37. The Kier molecular flexibility index (Phi) is 2.71. The summed E-state index contributed by atoms with van der Waals surface area (Å²) < 4.78 is 5.17. The third-order valence-electron chi connectivity index (χ3n) is 2.99. The summed E-state index contributed by atoms with van der Waals surface area (Å²) in [6.07, 6.45) is 2.47. The molecule has 0 aliphatic heterocycles. The molecule has 0 aromatic heterocycles. The van der Waals surface area contributed by atoms with E-state index in [-0.39, 0.29) is 0 Å². The summed E-state index contributed by atoms with van der Waals surface area (Å²) in [7, 11) is 1.67. The van der Waals surface area contributed by atoms with Crippen LogP contribution in [-0.2, 0) is 0 Å². The minimum absolute atomic E-state index is 0.578. The maximum absolute atomic E-state index is 5.89. The van der Waals surface area contributed by atoms with Gasteiger partial charge in [-0.15, -0.1) is 0 Å². The average Bonchev–Trinajstić information content (AvgIpc) is 2.19. The van der Waals surface area contributed by atoms with Crippen LogP contribution in [-0.4, -0.2) is 13.2 Å². The second kappa shape index (κ2) is 4.01. The molecule has 1 aliphatic rings. The van der Waals surface area contributed by atoms with E-state index in [0.29, 0.717) is 6.04 Å². The summed E-state index contributed by atoms with van der Waals surface area (Å²) in [6.45, 7) is 2.27. The van der Waals surface area contributed by atoms with Gasteiger partial charge in [-0.05, 0) is 30.9 Å². The molecule has 82 valence electrons. The number of nitrogens with one attached hydrogen (secondary N) is 1. The molecule has 0 atom stereocenters. The van der Waals surface area contributed by atoms with Gasteiger partial charge in [0.2, 0.25) is 0 Å². The topological polar surface area (TPSA) is 47.3 Å². The van der Waals surface area contributed by atoms with Crippen molar-refractivity contribution in [3.8, 4) is 5.75 Å². The normalized spacial score (nSPS) is 24.4. The molecule has 0 bridgehead atoms. The van der Waals surface area contributed by atoms with E-state index in [9.17, 15) is 0 Å². The summed E-state index contributed by atoms with van der Waals surface area (Å²) in [6, 6.07) is 6.29. The van der Waals surface area contributed by atoms with E-state index in [4.69, 9.17) is 10.5 Å². The minimum atomic E-state index is 0.578. The highest BCUT2D eigenvalue weighted by Crippen LogP contribution is 2.32. The lowest BCUT2D eigenvalue weighted by Crippen LogP contribution is -2.33. The first-order valence-electron chi connectivity index (χ1n) is 5.39. The molecule has 2 rings (SSSR count). The third-order valence-corrected chi connectivity index (χ3v) is 2.99. The Balaban J connectivity index is 2.06. The van der Waals surface area contributed by atoms with Gasteiger partial charge in [0.05, 0.1) is 18.5 Å². The van der Waals surface area contributed by atoms with Crippen molar-refractivity contribution < 1.29 is 4.74 Å². The highest BCUT2D eigenvalue weighted by atomic mass is 16.5. The number of ether oxygens (including phenoxy) is 1. The lowest BCUT2D eigenvalue weighted by atomic mass is 9.82. The van der Waals surface area contributed by atoms with Crippen LogP contribution in [0.2, 0.25) is 0 Å². The largest absolute Gasteiger partial charge is 0.497 e. The van der Waals surface area contributed by atoms with Gasteiger partial charge in [-0.2, -0.15) is 0 Å². The monoisotopic (exact) mass is 206 g/mol. The molecule has 1 aromatic rings. The number of hydrogen-bond acceptors (Lipinski definition) is 3. The van der Waals surface area contributed by atoms with Gasteiger partial charge in [-0.3, -0.25) is 0 Å². The van der Waals surface area contributed by atoms with Crippen molar-refractivity contribution >= 4 is 11.4 Å². The first-order chi connectivity index (χ1) is 7.19. The molecule has 0 amide bonds. The van der Waals surface area contributed by atoms with Gasteiger partial charge >= 0.3 is 0 Å². The summed E-state index contributed by atoms with van der Waals surface area (Å²) in [5.74, 6) is 1.69. The maximum atomic E-state index is 5.89.